The standard InChI is InChI=1S/C63H69NO10Si/c1-63(2,3)75(50-35-21-9-22-36-50,51-37-23-10-24-38-51)74-61-54(64)57(66-40-46-27-13-5-14-28-46)55(52(70-61)43-65-39-45-25-11-4-12-26-45)73-62-59(68-42-48-31-17-7-18-32-48)58(67-41-47-29-15-6-16-30-47)56-53(71-62)44-69-60(72-56)49-33-19-8-20-34-49/h4-38,52-62H,39-44,64H2,1-3H3/t52-,53-,54-,55-,56+,57-,58+,59-,60?,61+,62+/m1/s1. The molecule has 2 N–H and O–H groups in total. The Labute approximate surface area is 442 Å². The summed E-state index contributed by atoms with van der Waals surface area (Å²) < 4.78 is 70.8. The van der Waals surface area contributed by atoms with Crippen molar-refractivity contribution in [1.29, 1.82) is 0 Å². The molecule has 0 aliphatic carbocycles. The zero-order valence-corrected chi connectivity index (χ0v) is 44.0. The molecular formula is C63H69NO10Si. The Bertz CT molecular complexity index is 2720. The van der Waals surface area contributed by atoms with E-state index in [4.69, 9.17) is 52.8 Å². The van der Waals surface area contributed by atoms with E-state index >= 15 is 0 Å². The first-order valence-electron chi connectivity index (χ1n) is 26.1. The highest BCUT2D eigenvalue weighted by Crippen LogP contribution is 2.42. The largest absolute Gasteiger partial charge is 0.381 e. The summed E-state index contributed by atoms with van der Waals surface area (Å²) in [4.78, 5) is 0. The fraction of sp³-hybridized carbons (Fsp3) is 0.333. The third kappa shape index (κ3) is 12.6. The molecule has 390 valence electrons. The Morgan fingerprint density at radius 3 is 1.41 bits per heavy atom. The van der Waals surface area contributed by atoms with Gasteiger partial charge in [0.05, 0.1) is 45.7 Å². The molecule has 3 fully saturated rings. The number of nitrogens with two attached hydrogens (primary N) is 1. The summed E-state index contributed by atoms with van der Waals surface area (Å²) in [7, 11) is -3.25. The lowest BCUT2D eigenvalue weighted by Crippen LogP contribution is -2.73. The van der Waals surface area contributed by atoms with Crippen molar-refractivity contribution in [3.63, 3.8) is 0 Å². The van der Waals surface area contributed by atoms with Crippen LogP contribution in [0.5, 0.6) is 0 Å². The van der Waals surface area contributed by atoms with Gasteiger partial charge in [-0.2, -0.15) is 0 Å². The maximum absolute atomic E-state index is 7.75. The minimum absolute atomic E-state index is 0.102. The predicted molar refractivity (Wildman–Crippen MR) is 290 cm³/mol. The van der Waals surface area contributed by atoms with Crippen LogP contribution in [0.25, 0.3) is 0 Å². The molecule has 3 saturated heterocycles. The lowest BCUT2D eigenvalue weighted by molar-refractivity contribution is -0.390. The molecule has 7 aromatic carbocycles. The fourth-order valence-electron chi connectivity index (χ4n) is 10.5. The van der Waals surface area contributed by atoms with E-state index < -0.39 is 76.0 Å². The monoisotopic (exact) mass is 1030 g/mol. The second kappa shape index (κ2) is 25.0. The van der Waals surface area contributed by atoms with Gasteiger partial charge in [0.1, 0.15) is 42.7 Å². The molecule has 3 aliphatic heterocycles. The van der Waals surface area contributed by atoms with Gasteiger partial charge in [-0.05, 0) is 37.7 Å². The number of rotatable bonds is 20. The maximum Gasteiger partial charge on any atom is 0.264 e. The van der Waals surface area contributed by atoms with Crippen molar-refractivity contribution in [2.24, 2.45) is 5.73 Å². The van der Waals surface area contributed by atoms with Crippen LogP contribution < -0.4 is 16.1 Å². The molecular weight excluding hydrogens is 959 g/mol. The van der Waals surface area contributed by atoms with Crippen LogP contribution in [-0.2, 0) is 73.5 Å². The topological polar surface area (TPSA) is 118 Å². The van der Waals surface area contributed by atoms with Crippen LogP contribution in [0.15, 0.2) is 212 Å². The Kier molecular flexibility index (Phi) is 17.6. The van der Waals surface area contributed by atoms with Gasteiger partial charge in [0.25, 0.3) is 8.32 Å². The molecule has 3 heterocycles. The first kappa shape index (κ1) is 52.7. The SMILES string of the molecule is CC(C)(C)[Si](O[C@@H]1O[C@H](COCc2ccccc2)[C@@H](O[C@@H]2O[C@@H]3COC(c4ccccc4)O[C@@H]3[C@H](OCc3ccccc3)[C@H]2OCc2ccccc2)[C@H](OCc2ccccc2)[C@H]1N)(c1ccccc1)c1ccccc1. The van der Waals surface area contributed by atoms with Gasteiger partial charge >= 0.3 is 0 Å². The predicted octanol–water partition coefficient (Wildman–Crippen LogP) is 9.81. The quantitative estimate of drug-likeness (QED) is 0.0736. The molecule has 0 amide bonds. The summed E-state index contributed by atoms with van der Waals surface area (Å²) in [6.07, 6.45) is -7.98. The molecule has 3 aliphatic rings. The highest BCUT2D eigenvalue weighted by atomic mass is 28.4. The molecule has 11 nitrogen and oxygen atoms in total. The average Bonchev–Trinajstić information content (AvgIpc) is 3.46. The van der Waals surface area contributed by atoms with Crippen molar-refractivity contribution in [2.45, 2.75) is 120 Å². The summed E-state index contributed by atoms with van der Waals surface area (Å²) >= 11 is 0. The zero-order chi connectivity index (χ0) is 51.5. The van der Waals surface area contributed by atoms with Crippen molar-refractivity contribution in [2.75, 3.05) is 13.2 Å². The van der Waals surface area contributed by atoms with E-state index in [2.05, 4.69) is 69.3 Å². The van der Waals surface area contributed by atoms with E-state index in [0.717, 1.165) is 38.2 Å². The van der Waals surface area contributed by atoms with Crippen LogP contribution in [0.2, 0.25) is 5.04 Å². The maximum atomic E-state index is 7.75. The van der Waals surface area contributed by atoms with E-state index in [0.29, 0.717) is 6.61 Å². The number of benzene rings is 7. The van der Waals surface area contributed by atoms with Crippen LogP contribution in [0.3, 0.4) is 0 Å². The average molecular weight is 1030 g/mol. The molecule has 75 heavy (non-hydrogen) atoms. The normalized spacial score (nSPS) is 26.1. The van der Waals surface area contributed by atoms with Gasteiger partial charge in [0.15, 0.2) is 18.9 Å². The highest BCUT2D eigenvalue weighted by molar-refractivity contribution is 6.99. The highest BCUT2D eigenvalue weighted by Gasteiger charge is 2.58. The lowest BCUT2D eigenvalue weighted by atomic mass is 9.95. The smallest absolute Gasteiger partial charge is 0.264 e. The van der Waals surface area contributed by atoms with Gasteiger partial charge < -0.3 is 52.8 Å². The second-order valence-electron chi connectivity index (χ2n) is 20.5. The van der Waals surface area contributed by atoms with Crippen molar-refractivity contribution in [3.8, 4) is 0 Å². The zero-order valence-electron chi connectivity index (χ0n) is 43.0. The first-order valence-corrected chi connectivity index (χ1v) is 28.1. The summed E-state index contributed by atoms with van der Waals surface area (Å²) in [5.41, 5.74) is 12.5. The van der Waals surface area contributed by atoms with Gasteiger partial charge in [-0.3, -0.25) is 0 Å². The Morgan fingerprint density at radius 2 is 0.920 bits per heavy atom. The molecule has 0 radical (unpaired) electrons. The van der Waals surface area contributed by atoms with Crippen LogP contribution in [0.4, 0.5) is 0 Å². The molecule has 0 bridgehead atoms. The van der Waals surface area contributed by atoms with E-state index in [1.54, 1.807) is 0 Å². The van der Waals surface area contributed by atoms with E-state index in [1.807, 2.05) is 164 Å². The van der Waals surface area contributed by atoms with Crippen molar-refractivity contribution in [1.82, 2.24) is 0 Å². The molecule has 7 aromatic rings. The van der Waals surface area contributed by atoms with Crippen molar-refractivity contribution < 1.29 is 47.1 Å². The molecule has 0 saturated carbocycles. The molecule has 0 aromatic heterocycles. The van der Waals surface area contributed by atoms with E-state index in [1.165, 1.54) is 0 Å². The number of ether oxygens (including phenoxy) is 9. The lowest BCUT2D eigenvalue weighted by Gasteiger charge is -2.53. The van der Waals surface area contributed by atoms with Gasteiger partial charge in [0, 0.05) is 5.56 Å². The van der Waals surface area contributed by atoms with Crippen molar-refractivity contribution >= 4 is 18.7 Å². The van der Waals surface area contributed by atoms with Crippen LogP contribution >= 0.6 is 0 Å². The van der Waals surface area contributed by atoms with E-state index in [-0.39, 0.29) is 38.1 Å². The Hall–Kier alpha value is -5.68. The number of hydrogen-bond donors (Lipinski definition) is 1. The van der Waals surface area contributed by atoms with Crippen LogP contribution in [0.1, 0.15) is 54.9 Å². The summed E-state index contributed by atoms with van der Waals surface area (Å²) in [5.74, 6) is 0. The van der Waals surface area contributed by atoms with Crippen LogP contribution in [-0.4, -0.2) is 82.9 Å². The van der Waals surface area contributed by atoms with Gasteiger partial charge in [0.2, 0.25) is 0 Å². The second-order valence-corrected chi connectivity index (χ2v) is 24.8. The summed E-state index contributed by atoms with van der Waals surface area (Å²) in [6, 6.07) is 70.3. The first-order chi connectivity index (χ1) is 36.7. The minimum atomic E-state index is -3.25. The summed E-state index contributed by atoms with van der Waals surface area (Å²) in [5, 5.41) is 1.79. The number of hydrogen-bond acceptors (Lipinski definition) is 11. The van der Waals surface area contributed by atoms with Gasteiger partial charge in [-0.25, -0.2) is 0 Å². The molecule has 0 spiro atoms. The van der Waals surface area contributed by atoms with Crippen LogP contribution in [0, 0.1) is 0 Å². The fourth-order valence-corrected chi connectivity index (χ4v) is 15.1. The molecule has 11 atom stereocenters. The third-order valence-corrected chi connectivity index (χ3v) is 19.3. The molecule has 10 rings (SSSR count). The van der Waals surface area contributed by atoms with Gasteiger partial charge in [-0.1, -0.05) is 233 Å². The molecule has 1 unspecified atom stereocenters. The van der Waals surface area contributed by atoms with Crippen molar-refractivity contribution in [3.05, 3.63) is 240 Å². The number of fused-ring (bicyclic) bond motifs is 1. The third-order valence-electron chi connectivity index (χ3n) is 14.3. The minimum Gasteiger partial charge on any atom is -0.381 e. The molecule has 12 heteroatoms. The Balaban J connectivity index is 1.05. The van der Waals surface area contributed by atoms with E-state index in [9.17, 15) is 0 Å². The summed E-state index contributed by atoms with van der Waals surface area (Å²) in [6.45, 7) is 8.11. The van der Waals surface area contributed by atoms with Gasteiger partial charge in [-0.15, -0.1) is 0 Å². The Morgan fingerprint density at radius 1 is 0.480 bits per heavy atom.